The van der Waals surface area contributed by atoms with Gasteiger partial charge in [-0.15, -0.1) is 0 Å². The number of amides is 1. The van der Waals surface area contributed by atoms with Crippen LogP contribution in [-0.4, -0.2) is 47.4 Å². The van der Waals surface area contributed by atoms with E-state index in [1.54, 1.807) is 6.08 Å². The Hall–Kier alpha value is -1.92. The fraction of sp³-hybridized carbons (Fsp3) is 0.881. The van der Waals surface area contributed by atoms with Crippen LogP contribution in [0.15, 0.2) is 36.5 Å². The van der Waals surface area contributed by atoms with Gasteiger partial charge in [0.1, 0.15) is 0 Å². The Labute approximate surface area is 455 Å². The first-order valence-corrected chi connectivity index (χ1v) is 32.8. The van der Waals surface area contributed by atoms with Crippen molar-refractivity contribution in [1.82, 2.24) is 5.32 Å². The van der Waals surface area contributed by atoms with Gasteiger partial charge in [0, 0.05) is 12.8 Å². The molecule has 430 valence electrons. The summed E-state index contributed by atoms with van der Waals surface area (Å²) in [6, 6.07) is -0.624. The van der Waals surface area contributed by atoms with Crippen LogP contribution in [0.25, 0.3) is 0 Å². The highest BCUT2D eigenvalue weighted by atomic mass is 16.5. The Bertz CT molecular complexity index is 1180. The van der Waals surface area contributed by atoms with E-state index >= 15 is 0 Å². The van der Waals surface area contributed by atoms with Gasteiger partial charge in [-0.25, -0.2) is 0 Å². The van der Waals surface area contributed by atoms with Gasteiger partial charge in [-0.1, -0.05) is 294 Å². The monoisotopic (exact) mass is 1030 g/mol. The molecule has 0 saturated heterocycles. The maximum absolute atomic E-state index is 12.4. The fourth-order valence-electron chi connectivity index (χ4n) is 10.1. The first kappa shape index (κ1) is 71.1. The molecule has 0 aromatic heterocycles. The molecular weight excluding hydrogens is 899 g/mol. The molecule has 6 heteroatoms. The maximum atomic E-state index is 12.4. The van der Waals surface area contributed by atoms with Gasteiger partial charge in [0.15, 0.2) is 0 Å². The number of aliphatic hydroxyl groups excluding tert-OH is 2. The first-order chi connectivity index (χ1) is 36.0. The Kier molecular flexibility index (Phi) is 61.0. The number of carbonyl (C=O) groups is 2. The molecule has 0 saturated carbocycles. The van der Waals surface area contributed by atoms with E-state index in [9.17, 15) is 19.8 Å². The van der Waals surface area contributed by atoms with Crippen LogP contribution in [-0.2, 0) is 14.3 Å². The standard InChI is InChI=1S/C67H127NO5/c1-3-5-7-9-11-13-15-16-38-41-45-49-53-57-61-67(72)73-62-58-54-50-46-42-39-36-34-32-30-28-26-24-22-20-18-17-19-21-23-25-27-29-31-33-35-37-40-44-48-52-56-60-66(71)68-64(63-69)65(70)59-55-51-47-43-14-12-10-8-6-4-2/h15-16,20,22,55,59,64-65,69-70H,3-14,17-19,21,23-54,56-58,60-63H2,1-2H3,(H,68,71)/b16-15-,22-20-,59-55+. The number of esters is 1. The van der Waals surface area contributed by atoms with Crippen LogP contribution in [0.1, 0.15) is 354 Å². The zero-order valence-electron chi connectivity index (χ0n) is 49.1. The van der Waals surface area contributed by atoms with Gasteiger partial charge in [-0.05, 0) is 83.5 Å². The lowest BCUT2D eigenvalue weighted by atomic mass is 10.0. The second kappa shape index (κ2) is 62.6. The quantitative estimate of drug-likeness (QED) is 0.0320. The molecule has 6 nitrogen and oxygen atoms in total. The summed E-state index contributed by atoms with van der Waals surface area (Å²) in [5.41, 5.74) is 0. The van der Waals surface area contributed by atoms with E-state index in [0.29, 0.717) is 19.4 Å². The minimum atomic E-state index is -0.840. The second-order valence-corrected chi connectivity index (χ2v) is 22.4. The molecule has 1 amide bonds. The minimum Gasteiger partial charge on any atom is -0.466 e. The van der Waals surface area contributed by atoms with Crippen LogP contribution in [0.2, 0.25) is 0 Å². The molecule has 0 aromatic rings. The SMILES string of the molecule is CCCCCCC/C=C\CCCCCCCC(=O)OCCCCCCCCCCCCCC/C=C\CCCCCCCCCCCCCCCCCCC(=O)NC(CO)C(O)/C=C/CCCCCCCCCC. The number of allylic oxidation sites excluding steroid dienone is 5. The highest BCUT2D eigenvalue weighted by molar-refractivity contribution is 5.76. The van der Waals surface area contributed by atoms with Crippen LogP contribution < -0.4 is 5.32 Å². The van der Waals surface area contributed by atoms with E-state index < -0.39 is 12.1 Å². The summed E-state index contributed by atoms with van der Waals surface area (Å²) >= 11 is 0. The maximum Gasteiger partial charge on any atom is 0.305 e. The van der Waals surface area contributed by atoms with Gasteiger partial charge in [0.2, 0.25) is 5.91 Å². The smallest absolute Gasteiger partial charge is 0.305 e. The predicted octanol–water partition coefficient (Wildman–Crippen LogP) is 20.8. The summed E-state index contributed by atoms with van der Waals surface area (Å²) in [4.78, 5) is 24.5. The van der Waals surface area contributed by atoms with E-state index in [2.05, 4.69) is 43.5 Å². The molecule has 73 heavy (non-hydrogen) atoms. The Morgan fingerprint density at radius 1 is 0.370 bits per heavy atom. The number of unbranched alkanes of at least 4 members (excludes halogenated alkanes) is 46. The van der Waals surface area contributed by atoms with Crippen LogP contribution >= 0.6 is 0 Å². The third-order valence-electron chi connectivity index (χ3n) is 15.1. The van der Waals surface area contributed by atoms with E-state index in [-0.39, 0.29) is 18.5 Å². The minimum absolute atomic E-state index is 0.00933. The molecule has 2 atom stereocenters. The number of hydrogen-bond acceptors (Lipinski definition) is 5. The molecule has 0 heterocycles. The van der Waals surface area contributed by atoms with Gasteiger partial charge in [0.05, 0.1) is 25.4 Å². The molecule has 0 aliphatic carbocycles. The highest BCUT2D eigenvalue weighted by Crippen LogP contribution is 2.17. The Balaban J connectivity index is 3.34. The van der Waals surface area contributed by atoms with Gasteiger partial charge >= 0.3 is 5.97 Å². The van der Waals surface area contributed by atoms with Crippen molar-refractivity contribution in [3.8, 4) is 0 Å². The average molecular weight is 1030 g/mol. The van der Waals surface area contributed by atoms with Crippen LogP contribution in [0.5, 0.6) is 0 Å². The molecule has 3 N–H and O–H groups in total. The van der Waals surface area contributed by atoms with Crippen molar-refractivity contribution in [1.29, 1.82) is 0 Å². The Morgan fingerprint density at radius 3 is 0.973 bits per heavy atom. The fourth-order valence-corrected chi connectivity index (χ4v) is 10.1. The van der Waals surface area contributed by atoms with Crippen molar-refractivity contribution in [2.24, 2.45) is 0 Å². The lowest BCUT2D eigenvalue weighted by Gasteiger charge is -2.20. The number of rotatable bonds is 61. The average Bonchev–Trinajstić information content (AvgIpc) is 3.39. The van der Waals surface area contributed by atoms with Crippen LogP contribution in [0.3, 0.4) is 0 Å². The van der Waals surface area contributed by atoms with E-state index in [0.717, 1.165) is 44.9 Å². The first-order valence-electron chi connectivity index (χ1n) is 32.8. The van der Waals surface area contributed by atoms with E-state index in [4.69, 9.17) is 4.74 Å². The number of ether oxygens (including phenoxy) is 1. The van der Waals surface area contributed by atoms with Crippen molar-refractivity contribution >= 4 is 11.9 Å². The molecule has 0 aliphatic rings. The molecule has 0 aliphatic heterocycles. The lowest BCUT2D eigenvalue weighted by molar-refractivity contribution is -0.143. The van der Waals surface area contributed by atoms with E-state index in [1.165, 1.54) is 283 Å². The lowest BCUT2D eigenvalue weighted by Crippen LogP contribution is -2.45. The summed E-state index contributed by atoms with van der Waals surface area (Å²) in [7, 11) is 0. The summed E-state index contributed by atoms with van der Waals surface area (Å²) in [5.74, 6) is -0.0571. The molecule has 0 spiro atoms. The molecule has 0 aromatic carbocycles. The zero-order chi connectivity index (χ0) is 52.9. The summed E-state index contributed by atoms with van der Waals surface area (Å²) in [6.45, 7) is 4.89. The molecule has 2 unspecified atom stereocenters. The third-order valence-corrected chi connectivity index (χ3v) is 15.1. The van der Waals surface area contributed by atoms with Crippen LogP contribution in [0.4, 0.5) is 0 Å². The zero-order valence-corrected chi connectivity index (χ0v) is 49.1. The normalized spacial score (nSPS) is 12.8. The number of hydrogen-bond donors (Lipinski definition) is 3. The number of aliphatic hydroxyl groups is 2. The molecular formula is C67H127NO5. The van der Waals surface area contributed by atoms with E-state index in [1.807, 2.05) is 6.08 Å². The largest absolute Gasteiger partial charge is 0.466 e. The predicted molar refractivity (Wildman–Crippen MR) is 319 cm³/mol. The van der Waals surface area contributed by atoms with Gasteiger partial charge < -0.3 is 20.3 Å². The molecule has 0 bridgehead atoms. The van der Waals surface area contributed by atoms with Gasteiger partial charge in [0.25, 0.3) is 0 Å². The van der Waals surface area contributed by atoms with Crippen molar-refractivity contribution in [3.63, 3.8) is 0 Å². The third kappa shape index (κ3) is 59.2. The molecule has 0 radical (unpaired) electrons. The summed E-state index contributed by atoms with van der Waals surface area (Å²) < 4.78 is 5.48. The summed E-state index contributed by atoms with van der Waals surface area (Å²) in [5, 5.41) is 23.0. The van der Waals surface area contributed by atoms with Crippen LogP contribution in [0, 0.1) is 0 Å². The number of nitrogens with one attached hydrogen (secondary N) is 1. The van der Waals surface area contributed by atoms with Gasteiger partial charge in [-0.2, -0.15) is 0 Å². The summed E-state index contributed by atoms with van der Waals surface area (Å²) in [6.07, 6.45) is 79.4. The topological polar surface area (TPSA) is 95.9 Å². The number of carbonyl (C=O) groups excluding carboxylic acids is 2. The Morgan fingerprint density at radius 2 is 0.644 bits per heavy atom. The van der Waals surface area contributed by atoms with Crippen molar-refractivity contribution in [3.05, 3.63) is 36.5 Å². The van der Waals surface area contributed by atoms with Crippen molar-refractivity contribution < 1.29 is 24.5 Å². The molecule has 0 fully saturated rings. The second-order valence-electron chi connectivity index (χ2n) is 22.4. The van der Waals surface area contributed by atoms with Crippen molar-refractivity contribution in [2.45, 2.75) is 366 Å². The van der Waals surface area contributed by atoms with Crippen molar-refractivity contribution in [2.75, 3.05) is 13.2 Å². The van der Waals surface area contributed by atoms with Gasteiger partial charge in [-0.3, -0.25) is 9.59 Å². The molecule has 0 rings (SSSR count). The highest BCUT2D eigenvalue weighted by Gasteiger charge is 2.18.